The highest BCUT2D eigenvalue weighted by atomic mass is 79.9. The highest BCUT2D eigenvalue weighted by molar-refractivity contribution is 9.09. The Morgan fingerprint density at radius 3 is 2.56 bits per heavy atom. The van der Waals surface area contributed by atoms with E-state index in [1.54, 1.807) is 0 Å². The Kier molecular flexibility index (Phi) is 6.19. The van der Waals surface area contributed by atoms with Crippen molar-refractivity contribution in [2.45, 2.75) is 56.7 Å². The standard InChI is InChI=1S/C12H22BrNOS/c1-3-12(4-2,9-13)14-11(15)10-7-5-6-8-16-10/h10H,3-9H2,1-2H3,(H,14,15). The van der Waals surface area contributed by atoms with Gasteiger partial charge in [-0.05, 0) is 31.4 Å². The van der Waals surface area contributed by atoms with E-state index < -0.39 is 0 Å². The van der Waals surface area contributed by atoms with Crippen molar-refractivity contribution in [2.24, 2.45) is 0 Å². The van der Waals surface area contributed by atoms with Crippen LogP contribution < -0.4 is 5.32 Å². The van der Waals surface area contributed by atoms with E-state index in [4.69, 9.17) is 0 Å². The number of hydrogen-bond donors (Lipinski definition) is 1. The molecule has 0 aromatic heterocycles. The van der Waals surface area contributed by atoms with Crippen LogP contribution in [0.2, 0.25) is 0 Å². The van der Waals surface area contributed by atoms with E-state index in [9.17, 15) is 4.79 Å². The van der Waals surface area contributed by atoms with Crippen molar-refractivity contribution < 1.29 is 4.79 Å². The second-order valence-electron chi connectivity index (χ2n) is 4.47. The number of nitrogens with one attached hydrogen (secondary N) is 1. The third-order valence-electron chi connectivity index (χ3n) is 3.47. The third kappa shape index (κ3) is 3.66. The molecule has 1 N–H and O–H groups in total. The molecule has 1 saturated heterocycles. The van der Waals surface area contributed by atoms with Crippen LogP contribution in [-0.2, 0) is 4.79 Å². The number of amides is 1. The van der Waals surface area contributed by atoms with Crippen LogP contribution in [0.25, 0.3) is 0 Å². The van der Waals surface area contributed by atoms with Gasteiger partial charge in [0.25, 0.3) is 0 Å². The topological polar surface area (TPSA) is 29.1 Å². The number of alkyl halides is 1. The molecule has 4 heteroatoms. The average molecular weight is 308 g/mol. The Balaban J connectivity index is 2.53. The van der Waals surface area contributed by atoms with E-state index in [0.29, 0.717) is 0 Å². The van der Waals surface area contributed by atoms with Crippen molar-refractivity contribution in [3.8, 4) is 0 Å². The van der Waals surface area contributed by atoms with Crippen molar-refractivity contribution >= 4 is 33.6 Å². The summed E-state index contributed by atoms with van der Waals surface area (Å²) in [5, 5.41) is 4.27. The predicted octanol–water partition coefficient (Wildman–Crippen LogP) is 3.34. The molecular formula is C12H22BrNOS. The number of hydrogen-bond acceptors (Lipinski definition) is 2. The van der Waals surface area contributed by atoms with Crippen LogP contribution in [0.1, 0.15) is 46.0 Å². The van der Waals surface area contributed by atoms with Gasteiger partial charge < -0.3 is 5.32 Å². The van der Waals surface area contributed by atoms with Crippen LogP contribution in [0.3, 0.4) is 0 Å². The van der Waals surface area contributed by atoms with Crippen LogP contribution in [0, 0.1) is 0 Å². The summed E-state index contributed by atoms with van der Waals surface area (Å²) in [6, 6.07) is 0. The van der Waals surface area contributed by atoms with Crippen molar-refractivity contribution in [1.82, 2.24) is 5.32 Å². The molecule has 94 valence electrons. The van der Waals surface area contributed by atoms with Crippen LogP contribution in [0.5, 0.6) is 0 Å². The molecule has 1 amide bonds. The number of carbonyl (C=O) groups excluding carboxylic acids is 1. The SMILES string of the molecule is CCC(CC)(CBr)NC(=O)C1CCCCS1. The molecular weight excluding hydrogens is 286 g/mol. The van der Waals surface area contributed by atoms with Gasteiger partial charge in [0.1, 0.15) is 0 Å². The third-order valence-corrected chi connectivity index (χ3v) is 5.92. The summed E-state index contributed by atoms with van der Waals surface area (Å²) in [6.07, 6.45) is 5.47. The number of halogens is 1. The first-order chi connectivity index (χ1) is 7.67. The highest BCUT2D eigenvalue weighted by Gasteiger charge is 2.30. The molecule has 0 radical (unpaired) electrons. The largest absolute Gasteiger partial charge is 0.349 e. The molecule has 0 spiro atoms. The second-order valence-corrected chi connectivity index (χ2v) is 6.34. The van der Waals surface area contributed by atoms with Crippen molar-refractivity contribution in [3.05, 3.63) is 0 Å². The molecule has 1 aliphatic rings. The zero-order valence-electron chi connectivity index (χ0n) is 10.2. The smallest absolute Gasteiger partial charge is 0.233 e. The molecule has 1 unspecified atom stereocenters. The van der Waals surface area contributed by atoms with Gasteiger partial charge in [-0.1, -0.05) is 36.2 Å². The van der Waals surface area contributed by atoms with Crippen molar-refractivity contribution in [2.75, 3.05) is 11.1 Å². The maximum Gasteiger partial charge on any atom is 0.233 e. The molecule has 0 saturated carbocycles. The molecule has 0 bridgehead atoms. The fourth-order valence-electron chi connectivity index (χ4n) is 1.94. The Morgan fingerprint density at radius 2 is 2.12 bits per heavy atom. The van der Waals surface area contributed by atoms with Crippen LogP contribution in [0.4, 0.5) is 0 Å². The molecule has 1 aliphatic heterocycles. The van der Waals surface area contributed by atoms with E-state index in [0.717, 1.165) is 30.3 Å². The highest BCUT2D eigenvalue weighted by Crippen LogP contribution is 2.27. The van der Waals surface area contributed by atoms with Gasteiger partial charge >= 0.3 is 0 Å². The monoisotopic (exact) mass is 307 g/mol. The molecule has 1 atom stereocenters. The summed E-state index contributed by atoms with van der Waals surface area (Å²) >= 11 is 5.34. The molecule has 0 aromatic rings. The lowest BCUT2D eigenvalue weighted by Gasteiger charge is -2.33. The Bertz CT molecular complexity index is 217. The van der Waals surface area contributed by atoms with Gasteiger partial charge in [0.15, 0.2) is 0 Å². The zero-order chi connectivity index (χ0) is 12.0. The normalized spacial score (nSPS) is 21.8. The minimum atomic E-state index is -0.0465. The first-order valence-electron chi connectivity index (χ1n) is 6.17. The first-order valence-corrected chi connectivity index (χ1v) is 8.34. The lowest BCUT2D eigenvalue weighted by atomic mass is 9.95. The van der Waals surface area contributed by atoms with Crippen molar-refractivity contribution in [1.29, 1.82) is 0 Å². The molecule has 16 heavy (non-hydrogen) atoms. The Labute approximate surface area is 111 Å². The Hall–Kier alpha value is 0.300. The van der Waals surface area contributed by atoms with Gasteiger partial charge in [0, 0.05) is 10.9 Å². The van der Waals surface area contributed by atoms with Gasteiger partial charge in [-0.25, -0.2) is 0 Å². The maximum atomic E-state index is 12.1. The number of rotatable bonds is 5. The first kappa shape index (κ1) is 14.4. The lowest BCUT2D eigenvalue weighted by Crippen LogP contribution is -2.52. The van der Waals surface area contributed by atoms with Gasteiger partial charge in [-0.15, -0.1) is 11.8 Å². The number of thioether (sulfide) groups is 1. The second kappa shape index (κ2) is 6.90. The van der Waals surface area contributed by atoms with Crippen molar-refractivity contribution in [3.63, 3.8) is 0 Å². The van der Waals surface area contributed by atoms with E-state index in [1.165, 1.54) is 12.8 Å². The van der Waals surface area contributed by atoms with E-state index >= 15 is 0 Å². The molecule has 1 rings (SSSR count). The molecule has 1 fully saturated rings. The average Bonchev–Trinajstić information content (AvgIpc) is 2.37. The van der Waals surface area contributed by atoms with Gasteiger partial charge in [-0.3, -0.25) is 4.79 Å². The fraction of sp³-hybridized carbons (Fsp3) is 0.917. The predicted molar refractivity (Wildman–Crippen MR) is 75.3 cm³/mol. The number of carbonyl (C=O) groups is 1. The fourth-order valence-corrected chi connectivity index (χ4v) is 4.07. The van der Waals surface area contributed by atoms with Crippen LogP contribution in [-0.4, -0.2) is 27.8 Å². The molecule has 0 aliphatic carbocycles. The summed E-state index contributed by atoms with van der Waals surface area (Å²) in [4.78, 5) is 12.1. The summed E-state index contributed by atoms with van der Waals surface area (Å²) in [7, 11) is 0. The Morgan fingerprint density at radius 1 is 1.44 bits per heavy atom. The molecule has 1 heterocycles. The lowest BCUT2D eigenvalue weighted by molar-refractivity contribution is -0.122. The van der Waals surface area contributed by atoms with Crippen LogP contribution in [0.15, 0.2) is 0 Å². The van der Waals surface area contributed by atoms with E-state index in [-0.39, 0.29) is 16.7 Å². The summed E-state index contributed by atoms with van der Waals surface area (Å²) in [6.45, 7) is 4.28. The minimum absolute atomic E-state index is 0.0465. The van der Waals surface area contributed by atoms with Gasteiger partial charge in [0.2, 0.25) is 5.91 Å². The maximum absolute atomic E-state index is 12.1. The minimum Gasteiger partial charge on any atom is -0.349 e. The molecule has 0 aromatic carbocycles. The van der Waals surface area contributed by atoms with E-state index in [1.807, 2.05) is 11.8 Å². The van der Waals surface area contributed by atoms with Crippen LogP contribution >= 0.6 is 27.7 Å². The summed E-state index contributed by atoms with van der Waals surface area (Å²) < 4.78 is 0. The summed E-state index contributed by atoms with van der Waals surface area (Å²) in [5.74, 6) is 1.38. The van der Waals surface area contributed by atoms with Gasteiger partial charge in [-0.2, -0.15) is 0 Å². The van der Waals surface area contributed by atoms with Gasteiger partial charge in [0.05, 0.1) is 5.25 Å². The van der Waals surface area contributed by atoms with E-state index in [2.05, 4.69) is 35.1 Å². The summed E-state index contributed by atoms with van der Waals surface area (Å²) in [5.41, 5.74) is -0.0465. The quantitative estimate of drug-likeness (QED) is 0.789. The molecule has 2 nitrogen and oxygen atoms in total. The zero-order valence-corrected chi connectivity index (χ0v) is 12.6.